The van der Waals surface area contributed by atoms with E-state index in [2.05, 4.69) is 0 Å². The van der Waals surface area contributed by atoms with E-state index in [1.54, 1.807) is 24.3 Å². The van der Waals surface area contributed by atoms with Crippen molar-refractivity contribution in [2.24, 2.45) is 0 Å². The summed E-state index contributed by atoms with van der Waals surface area (Å²) in [7, 11) is -3.50. The maximum Gasteiger partial charge on any atom is 0.185 e. The first-order valence-electron chi connectivity index (χ1n) is 7.99. The second-order valence-electron chi connectivity index (χ2n) is 5.89. The summed E-state index contributed by atoms with van der Waals surface area (Å²) in [6.07, 6.45) is 0. The molecule has 0 aliphatic heterocycles. The van der Waals surface area contributed by atoms with E-state index in [1.807, 2.05) is 73.7 Å². The number of hydrogen-bond donors (Lipinski definition) is 0. The van der Waals surface area contributed by atoms with Gasteiger partial charge in [-0.25, -0.2) is 8.42 Å². The third kappa shape index (κ3) is 3.26. The average molecular weight is 336 g/mol. The molecule has 2 atom stereocenters. The molecule has 0 radical (unpaired) electrons. The van der Waals surface area contributed by atoms with Crippen molar-refractivity contribution in [1.29, 1.82) is 0 Å². The van der Waals surface area contributed by atoms with Gasteiger partial charge in [0.15, 0.2) is 9.84 Å². The first kappa shape index (κ1) is 16.5. The van der Waals surface area contributed by atoms with Crippen LogP contribution < -0.4 is 0 Å². The zero-order chi connectivity index (χ0) is 17.0. The molecule has 0 fully saturated rings. The lowest BCUT2D eigenvalue weighted by molar-refractivity contribution is 0.566. The highest BCUT2D eigenvalue weighted by molar-refractivity contribution is 7.91. The molecule has 0 amide bonds. The Morgan fingerprint density at radius 3 is 1.54 bits per heavy atom. The van der Waals surface area contributed by atoms with Crippen LogP contribution in [0.5, 0.6) is 0 Å². The minimum absolute atomic E-state index is 0.154. The minimum atomic E-state index is -3.50. The molecule has 3 aromatic rings. The highest BCUT2D eigenvalue weighted by Gasteiger charge is 2.34. The lowest BCUT2D eigenvalue weighted by Gasteiger charge is -2.25. The lowest BCUT2D eigenvalue weighted by Crippen LogP contribution is -2.19. The van der Waals surface area contributed by atoms with Gasteiger partial charge in [-0.05, 0) is 23.3 Å². The van der Waals surface area contributed by atoms with Crippen LogP contribution >= 0.6 is 0 Å². The van der Waals surface area contributed by atoms with E-state index in [1.165, 1.54) is 0 Å². The monoisotopic (exact) mass is 336 g/mol. The average Bonchev–Trinajstić information content (AvgIpc) is 2.64. The maximum atomic E-state index is 13.3. The van der Waals surface area contributed by atoms with Crippen molar-refractivity contribution in [3.8, 4) is 0 Å². The van der Waals surface area contributed by atoms with Crippen LogP contribution in [0.15, 0.2) is 95.9 Å². The second kappa shape index (κ2) is 7.02. The van der Waals surface area contributed by atoms with Gasteiger partial charge in [-0.2, -0.15) is 0 Å². The van der Waals surface area contributed by atoms with E-state index in [0.717, 1.165) is 11.1 Å². The molecule has 2 nitrogen and oxygen atoms in total. The van der Waals surface area contributed by atoms with E-state index in [0.29, 0.717) is 4.90 Å². The van der Waals surface area contributed by atoms with E-state index in [-0.39, 0.29) is 5.92 Å². The van der Waals surface area contributed by atoms with Gasteiger partial charge in [-0.3, -0.25) is 0 Å². The van der Waals surface area contributed by atoms with Crippen LogP contribution in [0.3, 0.4) is 0 Å². The number of rotatable bonds is 5. The van der Waals surface area contributed by atoms with Crippen LogP contribution in [0.25, 0.3) is 0 Å². The van der Waals surface area contributed by atoms with Crippen LogP contribution in [0, 0.1) is 0 Å². The molecule has 0 N–H and O–H groups in total. The summed E-state index contributed by atoms with van der Waals surface area (Å²) < 4.78 is 26.7. The molecule has 0 heterocycles. The van der Waals surface area contributed by atoms with Crippen molar-refractivity contribution in [2.45, 2.75) is 23.0 Å². The Morgan fingerprint density at radius 1 is 0.625 bits per heavy atom. The third-order valence-electron chi connectivity index (χ3n) is 4.31. The molecule has 0 saturated heterocycles. The second-order valence-corrected chi connectivity index (χ2v) is 7.96. The molecule has 0 aliphatic carbocycles. The van der Waals surface area contributed by atoms with Crippen LogP contribution in [0.1, 0.15) is 29.2 Å². The fraction of sp³-hybridized carbons (Fsp3) is 0.143. The standard InChI is InChI=1S/C21H20O2S/c1-17(18-11-5-2-6-12-18)21(19-13-7-3-8-14-19)24(22,23)20-15-9-4-10-16-20/h2-17,21H,1H3/t17-,21+/m1/s1. The maximum absolute atomic E-state index is 13.3. The molecule has 3 heteroatoms. The van der Waals surface area contributed by atoms with E-state index >= 15 is 0 Å². The molecule has 0 bridgehead atoms. The highest BCUT2D eigenvalue weighted by Crippen LogP contribution is 2.40. The van der Waals surface area contributed by atoms with Gasteiger partial charge in [-0.1, -0.05) is 85.8 Å². The Hall–Kier alpha value is -2.39. The van der Waals surface area contributed by atoms with Gasteiger partial charge in [0, 0.05) is 5.92 Å². The fourth-order valence-electron chi connectivity index (χ4n) is 3.07. The fourth-order valence-corrected chi connectivity index (χ4v) is 5.11. The normalized spacial score (nSPS) is 14.0. The lowest BCUT2D eigenvalue weighted by atomic mass is 9.93. The molecule has 0 aromatic heterocycles. The van der Waals surface area contributed by atoms with Gasteiger partial charge >= 0.3 is 0 Å². The first-order chi connectivity index (χ1) is 11.6. The van der Waals surface area contributed by atoms with Gasteiger partial charge in [0.25, 0.3) is 0 Å². The Kier molecular flexibility index (Phi) is 4.81. The molecular formula is C21H20O2S. The van der Waals surface area contributed by atoms with Crippen LogP contribution in [0.2, 0.25) is 0 Å². The van der Waals surface area contributed by atoms with Crippen molar-refractivity contribution in [2.75, 3.05) is 0 Å². The molecule has 0 unspecified atom stereocenters. The van der Waals surface area contributed by atoms with E-state index in [9.17, 15) is 8.42 Å². The van der Waals surface area contributed by atoms with Gasteiger partial charge in [0.2, 0.25) is 0 Å². The van der Waals surface area contributed by atoms with Crippen molar-refractivity contribution in [3.05, 3.63) is 102 Å². The molecular weight excluding hydrogens is 316 g/mol. The molecule has 122 valence electrons. The van der Waals surface area contributed by atoms with Gasteiger partial charge < -0.3 is 0 Å². The summed E-state index contributed by atoms with van der Waals surface area (Å²) in [5.41, 5.74) is 1.84. The van der Waals surface area contributed by atoms with Gasteiger partial charge in [0.05, 0.1) is 10.1 Å². The zero-order valence-corrected chi connectivity index (χ0v) is 14.4. The van der Waals surface area contributed by atoms with Crippen LogP contribution in [-0.2, 0) is 9.84 Å². The minimum Gasteiger partial charge on any atom is -0.223 e. The zero-order valence-electron chi connectivity index (χ0n) is 13.5. The molecule has 3 aromatic carbocycles. The molecule has 0 spiro atoms. The van der Waals surface area contributed by atoms with Crippen molar-refractivity contribution in [3.63, 3.8) is 0 Å². The van der Waals surface area contributed by atoms with E-state index < -0.39 is 15.1 Å². The van der Waals surface area contributed by atoms with Crippen molar-refractivity contribution >= 4 is 9.84 Å². The van der Waals surface area contributed by atoms with Crippen LogP contribution in [-0.4, -0.2) is 8.42 Å². The summed E-state index contributed by atoms with van der Waals surface area (Å²) in [6.45, 7) is 1.98. The largest absolute Gasteiger partial charge is 0.223 e. The Balaban J connectivity index is 2.13. The summed E-state index contributed by atoms with van der Waals surface area (Å²) in [6, 6.07) is 28.0. The molecule has 0 aliphatic rings. The molecule has 24 heavy (non-hydrogen) atoms. The topological polar surface area (TPSA) is 34.1 Å². The van der Waals surface area contributed by atoms with E-state index in [4.69, 9.17) is 0 Å². The number of benzene rings is 3. The molecule has 0 saturated carbocycles. The van der Waals surface area contributed by atoms with Gasteiger partial charge in [-0.15, -0.1) is 0 Å². The quantitative estimate of drug-likeness (QED) is 0.656. The summed E-state index contributed by atoms with van der Waals surface area (Å²) in [5.74, 6) is -0.154. The Bertz CT molecular complexity index is 873. The number of hydrogen-bond acceptors (Lipinski definition) is 2. The summed E-state index contributed by atoms with van der Waals surface area (Å²) in [5, 5.41) is -0.622. The smallest absolute Gasteiger partial charge is 0.185 e. The summed E-state index contributed by atoms with van der Waals surface area (Å²) >= 11 is 0. The Labute approximate surface area is 143 Å². The third-order valence-corrected chi connectivity index (χ3v) is 6.59. The predicted octanol–water partition coefficient (Wildman–Crippen LogP) is 5.01. The SMILES string of the molecule is C[C@H](c1ccccc1)[C@@H](c1ccccc1)S(=O)(=O)c1ccccc1. The van der Waals surface area contributed by atoms with Gasteiger partial charge in [0.1, 0.15) is 0 Å². The highest BCUT2D eigenvalue weighted by atomic mass is 32.2. The Morgan fingerprint density at radius 2 is 1.04 bits per heavy atom. The molecule has 3 rings (SSSR count). The summed E-state index contributed by atoms with van der Waals surface area (Å²) in [4.78, 5) is 0.363. The van der Waals surface area contributed by atoms with Crippen molar-refractivity contribution < 1.29 is 8.42 Å². The predicted molar refractivity (Wildman–Crippen MR) is 97.7 cm³/mol. The van der Waals surface area contributed by atoms with Crippen molar-refractivity contribution in [1.82, 2.24) is 0 Å². The first-order valence-corrected chi connectivity index (χ1v) is 9.54. The number of sulfone groups is 1. The van der Waals surface area contributed by atoms with Crippen LogP contribution in [0.4, 0.5) is 0 Å².